The Balaban J connectivity index is 2.22. The van der Waals surface area contributed by atoms with Gasteiger partial charge in [-0.2, -0.15) is 12.7 Å². The van der Waals surface area contributed by atoms with Crippen LogP contribution in [-0.2, 0) is 10.2 Å². The molecule has 1 fully saturated rings. The van der Waals surface area contributed by atoms with Crippen molar-refractivity contribution in [3.05, 3.63) is 27.2 Å². The Kier molecular flexibility index (Phi) is 4.73. The first kappa shape index (κ1) is 15.1. The van der Waals surface area contributed by atoms with Crippen LogP contribution >= 0.6 is 27.5 Å². The van der Waals surface area contributed by atoms with Crippen molar-refractivity contribution in [2.75, 3.05) is 30.9 Å². The van der Waals surface area contributed by atoms with Crippen LogP contribution in [0.2, 0.25) is 5.02 Å². The Morgan fingerprint density at radius 1 is 1.37 bits per heavy atom. The fourth-order valence-corrected chi connectivity index (χ4v) is 3.90. The SMILES string of the molecule is Cc1cc(Br)c(NS(=O)(=O)N2CCNCC2)cc1Cl. The molecule has 2 N–H and O–H groups in total. The molecule has 1 saturated heterocycles. The number of nitrogens with zero attached hydrogens (tertiary/aromatic N) is 1. The maximum atomic E-state index is 12.2. The van der Waals surface area contributed by atoms with Crippen molar-refractivity contribution < 1.29 is 8.42 Å². The minimum atomic E-state index is -3.53. The van der Waals surface area contributed by atoms with Gasteiger partial charge < -0.3 is 5.32 Å². The van der Waals surface area contributed by atoms with E-state index in [-0.39, 0.29) is 0 Å². The van der Waals surface area contributed by atoms with Crippen LogP contribution < -0.4 is 10.0 Å². The zero-order valence-corrected chi connectivity index (χ0v) is 13.6. The first-order valence-electron chi connectivity index (χ1n) is 5.84. The number of rotatable bonds is 3. The Bertz CT molecular complexity index is 574. The molecule has 1 aromatic rings. The van der Waals surface area contributed by atoms with Crippen LogP contribution in [0.1, 0.15) is 5.56 Å². The zero-order valence-electron chi connectivity index (χ0n) is 10.4. The second kappa shape index (κ2) is 5.97. The third-order valence-corrected chi connectivity index (χ3v) is 5.49. The Labute approximate surface area is 126 Å². The number of piperazine rings is 1. The fourth-order valence-electron chi connectivity index (χ4n) is 1.81. The maximum Gasteiger partial charge on any atom is 0.301 e. The van der Waals surface area contributed by atoms with Crippen LogP contribution in [0, 0.1) is 6.92 Å². The van der Waals surface area contributed by atoms with E-state index < -0.39 is 10.2 Å². The molecular formula is C11H15BrClN3O2S. The number of nitrogens with one attached hydrogen (secondary N) is 2. The molecule has 0 radical (unpaired) electrons. The summed E-state index contributed by atoms with van der Waals surface area (Å²) in [6.07, 6.45) is 0. The molecule has 8 heteroatoms. The molecule has 0 aliphatic carbocycles. The van der Waals surface area contributed by atoms with Gasteiger partial charge in [0.1, 0.15) is 0 Å². The van der Waals surface area contributed by atoms with E-state index in [1.165, 1.54) is 4.31 Å². The predicted octanol–water partition coefficient (Wildman–Crippen LogP) is 1.97. The molecule has 2 rings (SSSR count). The standard InChI is InChI=1S/C11H15BrClN3O2S/c1-8-6-9(12)11(7-10(8)13)15-19(17,18)16-4-2-14-3-5-16/h6-7,14-15H,2-5H2,1H3. The fraction of sp³-hybridized carbons (Fsp3) is 0.455. The van der Waals surface area contributed by atoms with Gasteiger partial charge in [0.2, 0.25) is 0 Å². The van der Waals surface area contributed by atoms with Crippen molar-refractivity contribution >= 4 is 43.4 Å². The molecule has 106 valence electrons. The summed E-state index contributed by atoms with van der Waals surface area (Å²) in [5.74, 6) is 0. The topological polar surface area (TPSA) is 61.4 Å². The molecule has 0 aromatic heterocycles. The summed E-state index contributed by atoms with van der Waals surface area (Å²) in [5.41, 5.74) is 1.34. The number of hydrogen-bond donors (Lipinski definition) is 2. The summed E-state index contributed by atoms with van der Waals surface area (Å²) in [4.78, 5) is 0. The molecule has 0 amide bonds. The van der Waals surface area contributed by atoms with Gasteiger partial charge in [0, 0.05) is 35.7 Å². The van der Waals surface area contributed by atoms with E-state index in [0.29, 0.717) is 41.4 Å². The van der Waals surface area contributed by atoms with E-state index in [1.54, 1.807) is 12.1 Å². The third kappa shape index (κ3) is 3.61. The normalized spacial score (nSPS) is 17.4. The van der Waals surface area contributed by atoms with Crippen LogP contribution in [-0.4, -0.2) is 38.9 Å². The number of anilines is 1. The molecule has 1 heterocycles. The zero-order chi connectivity index (χ0) is 14.0. The van der Waals surface area contributed by atoms with E-state index in [0.717, 1.165) is 5.56 Å². The van der Waals surface area contributed by atoms with E-state index in [4.69, 9.17) is 11.6 Å². The summed E-state index contributed by atoms with van der Waals surface area (Å²) in [6.45, 7) is 4.12. The van der Waals surface area contributed by atoms with Crippen LogP contribution in [0.15, 0.2) is 16.6 Å². The number of aryl methyl sites for hydroxylation is 1. The Morgan fingerprint density at radius 2 is 2.00 bits per heavy atom. The second-order valence-electron chi connectivity index (χ2n) is 4.34. The van der Waals surface area contributed by atoms with E-state index >= 15 is 0 Å². The third-order valence-electron chi connectivity index (χ3n) is 2.90. The van der Waals surface area contributed by atoms with Crippen LogP contribution in [0.5, 0.6) is 0 Å². The molecule has 5 nitrogen and oxygen atoms in total. The van der Waals surface area contributed by atoms with Gasteiger partial charge in [0.05, 0.1) is 5.69 Å². The molecule has 19 heavy (non-hydrogen) atoms. The first-order valence-corrected chi connectivity index (χ1v) is 8.45. The van der Waals surface area contributed by atoms with Gasteiger partial charge in [-0.3, -0.25) is 4.72 Å². The van der Waals surface area contributed by atoms with Gasteiger partial charge >= 0.3 is 10.2 Å². The van der Waals surface area contributed by atoms with Crippen molar-refractivity contribution in [3.63, 3.8) is 0 Å². The lowest BCUT2D eigenvalue weighted by Crippen LogP contribution is -2.48. The highest BCUT2D eigenvalue weighted by Crippen LogP contribution is 2.30. The lowest BCUT2D eigenvalue weighted by atomic mass is 10.2. The Morgan fingerprint density at radius 3 is 2.63 bits per heavy atom. The van der Waals surface area contributed by atoms with Gasteiger partial charge in [-0.05, 0) is 40.5 Å². The van der Waals surface area contributed by atoms with E-state index in [9.17, 15) is 8.42 Å². The van der Waals surface area contributed by atoms with Crippen LogP contribution in [0.4, 0.5) is 5.69 Å². The monoisotopic (exact) mass is 367 g/mol. The van der Waals surface area contributed by atoms with Gasteiger partial charge in [0.25, 0.3) is 0 Å². The lowest BCUT2D eigenvalue weighted by molar-refractivity contribution is 0.362. The predicted molar refractivity (Wildman–Crippen MR) is 80.9 cm³/mol. The highest BCUT2D eigenvalue weighted by Gasteiger charge is 2.24. The van der Waals surface area contributed by atoms with Gasteiger partial charge in [-0.25, -0.2) is 0 Å². The van der Waals surface area contributed by atoms with Gasteiger partial charge in [-0.1, -0.05) is 11.6 Å². The summed E-state index contributed by atoms with van der Waals surface area (Å²) in [5, 5.41) is 3.64. The minimum absolute atomic E-state index is 0.453. The molecule has 1 aromatic carbocycles. The molecule has 0 saturated carbocycles. The smallest absolute Gasteiger partial charge is 0.301 e. The molecule has 0 spiro atoms. The van der Waals surface area contributed by atoms with Crippen LogP contribution in [0.3, 0.4) is 0 Å². The molecule has 0 unspecified atom stereocenters. The summed E-state index contributed by atoms with van der Waals surface area (Å²) in [7, 11) is -3.53. The number of halogens is 2. The average molecular weight is 369 g/mol. The molecular weight excluding hydrogens is 354 g/mol. The maximum absolute atomic E-state index is 12.2. The van der Waals surface area contributed by atoms with Crippen molar-refractivity contribution in [2.24, 2.45) is 0 Å². The summed E-state index contributed by atoms with van der Waals surface area (Å²) in [6, 6.07) is 3.40. The lowest BCUT2D eigenvalue weighted by Gasteiger charge is -2.27. The Hall–Kier alpha value is -0.340. The minimum Gasteiger partial charge on any atom is -0.314 e. The van der Waals surface area contributed by atoms with E-state index in [1.807, 2.05) is 6.92 Å². The van der Waals surface area contributed by atoms with Gasteiger partial charge in [0.15, 0.2) is 0 Å². The highest BCUT2D eigenvalue weighted by molar-refractivity contribution is 9.10. The molecule has 1 aliphatic heterocycles. The van der Waals surface area contributed by atoms with Crippen molar-refractivity contribution in [1.82, 2.24) is 9.62 Å². The second-order valence-corrected chi connectivity index (χ2v) is 7.27. The average Bonchev–Trinajstić information content (AvgIpc) is 2.37. The summed E-state index contributed by atoms with van der Waals surface area (Å²) < 4.78 is 29.1. The number of benzene rings is 1. The van der Waals surface area contributed by atoms with Crippen molar-refractivity contribution in [2.45, 2.75) is 6.92 Å². The van der Waals surface area contributed by atoms with Crippen LogP contribution in [0.25, 0.3) is 0 Å². The molecule has 0 bridgehead atoms. The van der Waals surface area contributed by atoms with Gasteiger partial charge in [-0.15, -0.1) is 0 Å². The largest absolute Gasteiger partial charge is 0.314 e. The highest BCUT2D eigenvalue weighted by atomic mass is 79.9. The molecule has 1 aliphatic rings. The van der Waals surface area contributed by atoms with E-state index in [2.05, 4.69) is 26.0 Å². The quantitative estimate of drug-likeness (QED) is 0.857. The van der Waals surface area contributed by atoms with Crippen molar-refractivity contribution in [1.29, 1.82) is 0 Å². The molecule has 0 atom stereocenters. The number of hydrogen-bond acceptors (Lipinski definition) is 3. The summed E-state index contributed by atoms with van der Waals surface area (Å²) >= 11 is 9.36. The first-order chi connectivity index (χ1) is 8.90. The van der Waals surface area contributed by atoms with Crippen molar-refractivity contribution in [3.8, 4) is 0 Å².